The fourth-order valence-electron chi connectivity index (χ4n) is 2.32. The number of nitrogens with zero attached hydrogens (tertiary/aromatic N) is 1. The van der Waals surface area contributed by atoms with Crippen LogP contribution in [0.3, 0.4) is 0 Å². The van der Waals surface area contributed by atoms with Gasteiger partial charge in [-0.25, -0.2) is 4.39 Å². The van der Waals surface area contributed by atoms with Gasteiger partial charge in [-0.2, -0.15) is 0 Å². The molecular formula is C16H21FN2S. The smallest absolute Gasteiger partial charge is 0.129 e. The third-order valence-corrected chi connectivity index (χ3v) is 4.46. The molecule has 0 aliphatic carbocycles. The molecular weight excluding hydrogens is 271 g/mol. The normalized spacial score (nSPS) is 12.4. The highest BCUT2D eigenvalue weighted by Crippen LogP contribution is 2.25. The van der Waals surface area contributed by atoms with Crippen molar-refractivity contribution in [1.82, 2.24) is 5.32 Å². The van der Waals surface area contributed by atoms with Crippen LogP contribution in [0.5, 0.6) is 0 Å². The summed E-state index contributed by atoms with van der Waals surface area (Å²) in [7, 11) is 3.87. The molecule has 108 valence electrons. The van der Waals surface area contributed by atoms with Crippen molar-refractivity contribution >= 4 is 17.0 Å². The van der Waals surface area contributed by atoms with E-state index in [1.807, 2.05) is 20.2 Å². The molecule has 0 aliphatic rings. The summed E-state index contributed by atoms with van der Waals surface area (Å²) < 4.78 is 14.0. The van der Waals surface area contributed by atoms with Gasteiger partial charge in [0.2, 0.25) is 0 Å². The lowest BCUT2D eigenvalue weighted by molar-refractivity contribution is 0.595. The number of rotatable bonds is 6. The van der Waals surface area contributed by atoms with E-state index in [1.54, 1.807) is 17.4 Å². The number of thiophene rings is 1. The predicted octanol–water partition coefficient (Wildman–Crippen LogP) is 3.67. The third-order valence-electron chi connectivity index (χ3n) is 3.57. The van der Waals surface area contributed by atoms with Gasteiger partial charge >= 0.3 is 0 Å². The van der Waals surface area contributed by atoms with Crippen molar-refractivity contribution in [1.29, 1.82) is 0 Å². The molecule has 0 aliphatic heterocycles. The van der Waals surface area contributed by atoms with Crippen molar-refractivity contribution in [3.63, 3.8) is 0 Å². The quantitative estimate of drug-likeness (QED) is 0.874. The minimum absolute atomic E-state index is 0.146. The second-order valence-electron chi connectivity index (χ2n) is 5.01. The summed E-state index contributed by atoms with van der Waals surface area (Å²) in [6.45, 7) is 2.71. The van der Waals surface area contributed by atoms with Crippen LogP contribution in [0.15, 0.2) is 35.7 Å². The Morgan fingerprint density at radius 3 is 2.75 bits per heavy atom. The number of anilines is 1. The van der Waals surface area contributed by atoms with E-state index in [4.69, 9.17) is 0 Å². The van der Waals surface area contributed by atoms with Crippen molar-refractivity contribution in [2.75, 3.05) is 19.0 Å². The molecule has 0 fully saturated rings. The molecule has 0 bridgehead atoms. The molecule has 1 aromatic heterocycles. The van der Waals surface area contributed by atoms with E-state index in [0.29, 0.717) is 12.6 Å². The number of hydrogen-bond donors (Lipinski definition) is 1. The molecule has 0 amide bonds. The zero-order valence-corrected chi connectivity index (χ0v) is 13.0. The van der Waals surface area contributed by atoms with Gasteiger partial charge in [-0.3, -0.25) is 0 Å². The lowest BCUT2D eigenvalue weighted by Gasteiger charge is -2.29. The van der Waals surface area contributed by atoms with Crippen LogP contribution in [0.1, 0.15) is 17.4 Å². The molecule has 20 heavy (non-hydrogen) atoms. The maximum atomic E-state index is 14.0. The van der Waals surface area contributed by atoms with Crippen LogP contribution in [0.4, 0.5) is 10.1 Å². The predicted molar refractivity (Wildman–Crippen MR) is 85.1 cm³/mol. The van der Waals surface area contributed by atoms with Gasteiger partial charge in [-0.1, -0.05) is 12.1 Å². The highest BCUT2D eigenvalue weighted by Gasteiger charge is 2.16. The molecule has 0 radical (unpaired) electrons. The highest BCUT2D eigenvalue weighted by atomic mass is 32.1. The highest BCUT2D eigenvalue weighted by molar-refractivity contribution is 7.09. The van der Waals surface area contributed by atoms with Gasteiger partial charge in [0.25, 0.3) is 0 Å². The molecule has 1 atom stereocenters. The Hall–Kier alpha value is -1.39. The number of likely N-dealkylation sites (N-methyl/N-ethyl adjacent to an activating group) is 1. The number of nitrogens with one attached hydrogen (secondary N) is 1. The third kappa shape index (κ3) is 3.38. The Balaban J connectivity index is 2.19. The summed E-state index contributed by atoms with van der Waals surface area (Å²) in [5.74, 6) is -0.146. The van der Waals surface area contributed by atoms with Crippen molar-refractivity contribution in [2.24, 2.45) is 0 Å². The fourth-order valence-corrected chi connectivity index (χ4v) is 3.15. The van der Waals surface area contributed by atoms with Gasteiger partial charge in [0.15, 0.2) is 0 Å². The molecule has 0 saturated heterocycles. The number of hydrogen-bond acceptors (Lipinski definition) is 3. The van der Waals surface area contributed by atoms with Crippen molar-refractivity contribution < 1.29 is 4.39 Å². The van der Waals surface area contributed by atoms with E-state index in [1.165, 1.54) is 10.9 Å². The Labute approximate surface area is 124 Å². The maximum absolute atomic E-state index is 14.0. The van der Waals surface area contributed by atoms with E-state index in [-0.39, 0.29) is 5.82 Å². The van der Waals surface area contributed by atoms with E-state index in [9.17, 15) is 4.39 Å². The van der Waals surface area contributed by atoms with Crippen LogP contribution in [0.2, 0.25) is 0 Å². The monoisotopic (exact) mass is 292 g/mol. The van der Waals surface area contributed by atoms with Gasteiger partial charge in [0.05, 0.1) is 0 Å². The van der Waals surface area contributed by atoms with Gasteiger partial charge in [0.1, 0.15) is 5.82 Å². The average molecular weight is 292 g/mol. The molecule has 1 N–H and O–H groups in total. The minimum atomic E-state index is -0.146. The average Bonchev–Trinajstić information content (AvgIpc) is 2.93. The lowest BCUT2D eigenvalue weighted by Crippen LogP contribution is -2.32. The van der Waals surface area contributed by atoms with E-state index in [2.05, 4.69) is 34.7 Å². The zero-order chi connectivity index (χ0) is 14.5. The van der Waals surface area contributed by atoms with Gasteiger partial charge in [-0.05, 0) is 37.6 Å². The van der Waals surface area contributed by atoms with Crippen LogP contribution in [-0.4, -0.2) is 20.1 Å². The second kappa shape index (κ2) is 6.86. The molecule has 2 aromatic rings. The first-order valence-electron chi connectivity index (χ1n) is 6.80. The first-order chi connectivity index (χ1) is 9.63. The summed E-state index contributed by atoms with van der Waals surface area (Å²) in [5.41, 5.74) is 1.69. The Kier molecular flexibility index (Phi) is 5.15. The topological polar surface area (TPSA) is 15.3 Å². The minimum Gasteiger partial charge on any atom is -0.371 e. The van der Waals surface area contributed by atoms with Gasteiger partial charge in [0, 0.05) is 42.2 Å². The van der Waals surface area contributed by atoms with Gasteiger partial charge in [-0.15, -0.1) is 11.3 Å². The summed E-state index contributed by atoms with van der Waals surface area (Å²) in [6, 6.07) is 9.83. The second-order valence-corrected chi connectivity index (χ2v) is 6.04. The van der Waals surface area contributed by atoms with Crippen LogP contribution in [-0.2, 0) is 13.0 Å². The lowest BCUT2D eigenvalue weighted by atomic mass is 10.1. The zero-order valence-electron chi connectivity index (χ0n) is 12.2. The van der Waals surface area contributed by atoms with Crippen LogP contribution >= 0.6 is 11.3 Å². The molecule has 4 heteroatoms. The summed E-state index contributed by atoms with van der Waals surface area (Å²) in [4.78, 5) is 3.52. The molecule has 1 unspecified atom stereocenters. The van der Waals surface area contributed by atoms with Crippen LogP contribution in [0.25, 0.3) is 0 Å². The fraction of sp³-hybridized carbons (Fsp3) is 0.375. The Bertz CT molecular complexity index is 539. The summed E-state index contributed by atoms with van der Waals surface area (Å²) >= 11 is 1.77. The standard InChI is InChI=1S/C16H21FN2S/c1-12(10-13-6-5-9-20-13)19(3)16-8-4-7-15(17)14(16)11-18-2/h4-9,12,18H,10-11H2,1-3H3. The maximum Gasteiger partial charge on any atom is 0.129 e. The molecule has 2 nitrogen and oxygen atoms in total. The van der Waals surface area contributed by atoms with Gasteiger partial charge < -0.3 is 10.2 Å². The van der Waals surface area contributed by atoms with Crippen molar-refractivity contribution in [2.45, 2.75) is 25.9 Å². The molecule has 0 saturated carbocycles. The Morgan fingerprint density at radius 1 is 1.30 bits per heavy atom. The molecule has 2 rings (SSSR count). The molecule has 0 spiro atoms. The largest absolute Gasteiger partial charge is 0.371 e. The molecule has 1 aromatic carbocycles. The van der Waals surface area contributed by atoms with Crippen LogP contribution in [0, 0.1) is 5.82 Å². The number of halogens is 1. The van der Waals surface area contributed by atoms with Crippen molar-refractivity contribution in [3.05, 3.63) is 52.0 Å². The Morgan fingerprint density at radius 2 is 2.10 bits per heavy atom. The SMILES string of the molecule is CNCc1c(F)cccc1N(C)C(C)Cc1cccs1. The number of benzene rings is 1. The van der Waals surface area contributed by atoms with E-state index in [0.717, 1.165) is 17.7 Å². The van der Waals surface area contributed by atoms with E-state index < -0.39 is 0 Å². The molecule has 1 heterocycles. The first kappa shape index (κ1) is 15.0. The van der Waals surface area contributed by atoms with E-state index >= 15 is 0 Å². The van der Waals surface area contributed by atoms with Crippen molar-refractivity contribution in [3.8, 4) is 0 Å². The first-order valence-corrected chi connectivity index (χ1v) is 7.68. The summed E-state index contributed by atoms with van der Waals surface area (Å²) in [5, 5.41) is 5.13. The van der Waals surface area contributed by atoms with Crippen LogP contribution < -0.4 is 10.2 Å². The summed E-state index contributed by atoms with van der Waals surface area (Å²) in [6.07, 6.45) is 0.976.